The number of carbonyl (C=O) groups excluding carboxylic acids is 2. The van der Waals surface area contributed by atoms with E-state index in [1.807, 2.05) is 27.7 Å². The van der Waals surface area contributed by atoms with Gasteiger partial charge in [-0.3, -0.25) is 4.90 Å². The fourth-order valence-corrected chi connectivity index (χ4v) is 2.91. The van der Waals surface area contributed by atoms with E-state index in [4.69, 9.17) is 4.74 Å². The lowest BCUT2D eigenvalue weighted by Crippen LogP contribution is -2.54. The Kier molecular flexibility index (Phi) is 4.57. The summed E-state index contributed by atoms with van der Waals surface area (Å²) in [6.45, 7) is 11.8. The average Bonchev–Trinajstić information content (AvgIpc) is 2.65. The smallest absolute Gasteiger partial charge is 0.410 e. The summed E-state index contributed by atoms with van der Waals surface area (Å²) >= 11 is 0. The van der Waals surface area contributed by atoms with Crippen LogP contribution in [0.2, 0.25) is 0 Å². The number of hydrogen-bond donors (Lipinski definition) is 0. The summed E-state index contributed by atoms with van der Waals surface area (Å²) in [7, 11) is 1.66. The largest absolute Gasteiger partial charge is 0.444 e. The summed E-state index contributed by atoms with van der Waals surface area (Å²) in [6, 6.07) is 0. The molecule has 0 saturated heterocycles. The third-order valence-corrected chi connectivity index (χ3v) is 4.42. The quantitative estimate of drug-likeness (QED) is 0.743. The van der Waals surface area contributed by atoms with Gasteiger partial charge in [-0.15, -0.1) is 0 Å². The molecule has 1 rings (SSSR count). The average molecular weight is 283 g/mol. The molecule has 0 spiro atoms. The molecule has 0 aliphatic heterocycles. The van der Waals surface area contributed by atoms with Crippen LogP contribution in [0.4, 0.5) is 4.79 Å². The number of nitrogens with zero attached hydrogens (tertiary/aromatic N) is 1. The standard InChI is InChI=1S/C16H29NO3/c1-14(2,3)20-13(19)17(7)16(6,11-18)12-8-9-15(4,5)10-12/h11-12H,8-10H2,1-7H3. The number of carbonyl (C=O) groups is 2. The van der Waals surface area contributed by atoms with Crippen molar-refractivity contribution in [2.75, 3.05) is 7.05 Å². The minimum absolute atomic E-state index is 0.188. The molecule has 4 nitrogen and oxygen atoms in total. The van der Waals surface area contributed by atoms with Crippen LogP contribution in [0, 0.1) is 11.3 Å². The van der Waals surface area contributed by atoms with Crippen molar-refractivity contribution in [3.63, 3.8) is 0 Å². The van der Waals surface area contributed by atoms with Gasteiger partial charge in [0.2, 0.25) is 0 Å². The van der Waals surface area contributed by atoms with E-state index in [2.05, 4.69) is 13.8 Å². The van der Waals surface area contributed by atoms with Gasteiger partial charge in [0.15, 0.2) is 0 Å². The number of ether oxygens (including phenoxy) is 1. The van der Waals surface area contributed by atoms with Gasteiger partial charge in [0.25, 0.3) is 0 Å². The second-order valence-electron chi connectivity index (χ2n) is 7.99. The lowest BCUT2D eigenvalue weighted by molar-refractivity contribution is -0.120. The Morgan fingerprint density at radius 1 is 1.30 bits per heavy atom. The van der Waals surface area contributed by atoms with Crippen LogP contribution in [0.1, 0.15) is 60.8 Å². The molecule has 116 valence electrons. The minimum atomic E-state index is -0.796. The number of hydrogen-bond acceptors (Lipinski definition) is 3. The van der Waals surface area contributed by atoms with Gasteiger partial charge in [-0.1, -0.05) is 13.8 Å². The molecule has 2 unspecified atom stereocenters. The Bertz CT molecular complexity index is 384. The number of likely N-dealkylation sites (N-methyl/N-ethyl adjacent to an activating group) is 1. The van der Waals surface area contributed by atoms with E-state index < -0.39 is 17.2 Å². The molecule has 0 aromatic heterocycles. The molecule has 1 amide bonds. The van der Waals surface area contributed by atoms with E-state index in [0.717, 1.165) is 25.5 Å². The SMILES string of the molecule is CN(C(=O)OC(C)(C)C)C(C)(C=O)C1CCC(C)(C)C1. The van der Waals surface area contributed by atoms with Gasteiger partial charge in [-0.05, 0) is 58.3 Å². The molecule has 1 fully saturated rings. The van der Waals surface area contributed by atoms with Crippen molar-refractivity contribution in [2.24, 2.45) is 11.3 Å². The second kappa shape index (κ2) is 5.38. The van der Waals surface area contributed by atoms with Gasteiger partial charge in [0.1, 0.15) is 17.4 Å². The molecule has 0 heterocycles. The van der Waals surface area contributed by atoms with Crippen LogP contribution in [0.15, 0.2) is 0 Å². The predicted octanol–water partition coefficient (Wildman–Crippen LogP) is 3.64. The van der Waals surface area contributed by atoms with Gasteiger partial charge >= 0.3 is 6.09 Å². The van der Waals surface area contributed by atoms with E-state index in [9.17, 15) is 9.59 Å². The van der Waals surface area contributed by atoms with Gasteiger partial charge in [0.05, 0.1) is 0 Å². The molecule has 0 bridgehead atoms. The molecule has 20 heavy (non-hydrogen) atoms. The Morgan fingerprint density at radius 3 is 2.20 bits per heavy atom. The molecule has 2 atom stereocenters. The van der Waals surface area contributed by atoms with Gasteiger partial charge in [0, 0.05) is 7.05 Å². The highest BCUT2D eigenvalue weighted by Gasteiger charge is 2.46. The second-order valence-corrected chi connectivity index (χ2v) is 7.99. The summed E-state index contributed by atoms with van der Waals surface area (Å²) in [5.74, 6) is 0.188. The van der Waals surface area contributed by atoms with Crippen LogP contribution in [-0.2, 0) is 9.53 Å². The summed E-state index contributed by atoms with van der Waals surface area (Å²) < 4.78 is 5.39. The van der Waals surface area contributed by atoms with Crippen LogP contribution < -0.4 is 0 Å². The summed E-state index contributed by atoms with van der Waals surface area (Å²) in [5.41, 5.74) is -1.11. The molecule has 0 aromatic carbocycles. The van der Waals surface area contributed by atoms with Crippen LogP contribution in [0.3, 0.4) is 0 Å². The Labute approximate surface area is 122 Å². The molecule has 0 aromatic rings. The lowest BCUT2D eigenvalue weighted by atomic mass is 9.81. The van der Waals surface area contributed by atoms with Crippen LogP contribution in [0.5, 0.6) is 0 Å². The molecule has 1 aliphatic carbocycles. The van der Waals surface area contributed by atoms with Crippen molar-refractivity contribution < 1.29 is 14.3 Å². The summed E-state index contributed by atoms with van der Waals surface area (Å²) in [4.78, 5) is 25.4. The topological polar surface area (TPSA) is 46.6 Å². The van der Waals surface area contributed by atoms with Crippen LogP contribution >= 0.6 is 0 Å². The Hall–Kier alpha value is -1.06. The molecule has 0 N–H and O–H groups in total. The maximum atomic E-state index is 12.2. The van der Waals surface area contributed by atoms with E-state index in [1.165, 1.54) is 4.90 Å². The Morgan fingerprint density at radius 2 is 1.85 bits per heavy atom. The highest BCUT2D eigenvalue weighted by atomic mass is 16.6. The van der Waals surface area contributed by atoms with Gasteiger partial charge in [-0.2, -0.15) is 0 Å². The summed E-state index contributed by atoms with van der Waals surface area (Å²) in [6.07, 6.45) is 3.48. The Balaban J connectivity index is 2.88. The van der Waals surface area contributed by atoms with E-state index in [1.54, 1.807) is 7.05 Å². The van der Waals surface area contributed by atoms with Crippen molar-refractivity contribution in [3.05, 3.63) is 0 Å². The molecule has 1 aliphatic rings. The van der Waals surface area contributed by atoms with Gasteiger partial charge in [-0.25, -0.2) is 4.79 Å². The van der Waals surface area contributed by atoms with Crippen molar-refractivity contribution in [2.45, 2.75) is 71.9 Å². The van der Waals surface area contributed by atoms with Crippen molar-refractivity contribution in [1.82, 2.24) is 4.90 Å². The van der Waals surface area contributed by atoms with Crippen LogP contribution in [0.25, 0.3) is 0 Å². The van der Waals surface area contributed by atoms with Crippen molar-refractivity contribution in [1.29, 1.82) is 0 Å². The molecule has 0 radical (unpaired) electrons. The third-order valence-electron chi connectivity index (χ3n) is 4.42. The zero-order valence-corrected chi connectivity index (χ0v) is 13.9. The zero-order valence-electron chi connectivity index (χ0n) is 13.9. The predicted molar refractivity (Wildman–Crippen MR) is 79.6 cm³/mol. The monoisotopic (exact) mass is 283 g/mol. The van der Waals surface area contributed by atoms with Crippen molar-refractivity contribution in [3.8, 4) is 0 Å². The van der Waals surface area contributed by atoms with E-state index in [-0.39, 0.29) is 11.3 Å². The number of aldehydes is 1. The molecule has 4 heteroatoms. The first-order valence-corrected chi connectivity index (χ1v) is 7.34. The first kappa shape index (κ1) is 17.0. The lowest BCUT2D eigenvalue weighted by Gasteiger charge is -2.40. The van der Waals surface area contributed by atoms with E-state index >= 15 is 0 Å². The normalized spacial score (nSPS) is 24.9. The van der Waals surface area contributed by atoms with Crippen LogP contribution in [-0.4, -0.2) is 35.5 Å². The fraction of sp³-hybridized carbons (Fsp3) is 0.875. The van der Waals surface area contributed by atoms with Gasteiger partial charge < -0.3 is 9.53 Å². The number of amides is 1. The van der Waals surface area contributed by atoms with Crippen molar-refractivity contribution >= 4 is 12.4 Å². The number of rotatable bonds is 3. The first-order valence-electron chi connectivity index (χ1n) is 7.34. The van der Waals surface area contributed by atoms with E-state index in [0.29, 0.717) is 0 Å². The molecular formula is C16H29NO3. The minimum Gasteiger partial charge on any atom is -0.444 e. The first-order chi connectivity index (χ1) is 8.91. The highest BCUT2D eigenvalue weighted by molar-refractivity contribution is 5.76. The zero-order chi connectivity index (χ0) is 15.8. The highest BCUT2D eigenvalue weighted by Crippen LogP contribution is 2.46. The fourth-order valence-electron chi connectivity index (χ4n) is 2.91. The molecular weight excluding hydrogens is 254 g/mol. The molecule has 1 saturated carbocycles. The summed E-state index contributed by atoms with van der Waals surface area (Å²) in [5, 5.41) is 0. The maximum Gasteiger partial charge on any atom is 0.410 e. The maximum absolute atomic E-state index is 12.2. The third kappa shape index (κ3) is 3.74.